The topological polar surface area (TPSA) is 40.6 Å². The number of carbonyl (C=O) groups is 2. The minimum absolute atomic E-state index is 0.0112. The van der Waals surface area contributed by atoms with E-state index in [0.717, 1.165) is 16.8 Å². The van der Waals surface area contributed by atoms with E-state index in [1.54, 1.807) is 4.90 Å². The zero-order valence-corrected chi connectivity index (χ0v) is 14.2. The van der Waals surface area contributed by atoms with Crippen molar-refractivity contribution < 1.29 is 9.59 Å². The Balaban J connectivity index is 2.19. The van der Waals surface area contributed by atoms with Gasteiger partial charge in [0.05, 0.1) is 0 Å². The minimum atomic E-state index is -0.389. The molecule has 0 unspecified atom stereocenters. The summed E-state index contributed by atoms with van der Waals surface area (Å²) < 4.78 is 0. The fourth-order valence-electron chi connectivity index (χ4n) is 2.93. The van der Waals surface area contributed by atoms with E-state index in [4.69, 9.17) is 0 Å². The normalized spacial score (nSPS) is 19.0. The third-order valence-corrected chi connectivity index (χ3v) is 4.21. The van der Waals surface area contributed by atoms with Crippen LogP contribution >= 0.6 is 0 Å². The molecule has 0 radical (unpaired) electrons. The lowest BCUT2D eigenvalue weighted by molar-refractivity contribution is -0.141. The van der Waals surface area contributed by atoms with Gasteiger partial charge in [-0.1, -0.05) is 26.0 Å². The SMILES string of the molecule is Cc1ccc(C)c(N2CCN(C(=O)CC(C)C)[C@H](C)C2=O)c1. The van der Waals surface area contributed by atoms with E-state index >= 15 is 0 Å². The van der Waals surface area contributed by atoms with E-state index in [9.17, 15) is 9.59 Å². The van der Waals surface area contributed by atoms with Crippen LogP contribution in [0.3, 0.4) is 0 Å². The third kappa shape index (κ3) is 3.32. The molecule has 1 fully saturated rings. The molecule has 1 atom stereocenters. The lowest BCUT2D eigenvalue weighted by atomic mass is 10.0. The van der Waals surface area contributed by atoms with Crippen molar-refractivity contribution in [2.24, 2.45) is 5.92 Å². The predicted molar refractivity (Wildman–Crippen MR) is 88.9 cm³/mol. The number of amides is 2. The minimum Gasteiger partial charge on any atom is -0.329 e. The van der Waals surface area contributed by atoms with Crippen LogP contribution in [0.25, 0.3) is 0 Å². The lowest BCUT2D eigenvalue weighted by Crippen LogP contribution is -2.58. The van der Waals surface area contributed by atoms with Gasteiger partial charge in [0.25, 0.3) is 0 Å². The molecule has 22 heavy (non-hydrogen) atoms. The van der Waals surface area contributed by atoms with Crippen molar-refractivity contribution in [1.29, 1.82) is 0 Å². The quantitative estimate of drug-likeness (QED) is 0.861. The molecule has 0 N–H and O–H groups in total. The lowest BCUT2D eigenvalue weighted by Gasteiger charge is -2.40. The highest BCUT2D eigenvalue weighted by Gasteiger charge is 2.35. The average molecular weight is 302 g/mol. The van der Waals surface area contributed by atoms with Gasteiger partial charge in [-0.2, -0.15) is 0 Å². The van der Waals surface area contributed by atoms with Crippen LogP contribution in [-0.2, 0) is 9.59 Å². The van der Waals surface area contributed by atoms with Crippen molar-refractivity contribution in [3.05, 3.63) is 29.3 Å². The number of rotatable bonds is 3. The molecule has 0 aliphatic carbocycles. The zero-order chi connectivity index (χ0) is 16.4. The molecule has 1 aliphatic rings. The molecule has 120 valence electrons. The molecule has 1 aromatic carbocycles. The second-order valence-electron chi connectivity index (χ2n) is 6.64. The van der Waals surface area contributed by atoms with E-state index in [2.05, 4.69) is 6.07 Å². The summed E-state index contributed by atoms with van der Waals surface area (Å²) in [6.07, 6.45) is 0.501. The van der Waals surface area contributed by atoms with Gasteiger partial charge in [-0.15, -0.1) is 0 Å². The van der Waals surface area contributed by atoms with Crippen LogP contribution in [0.1, 0.15) is 38.3 Å². The van der Waals surface area contributed by atoms with Gasteiger partial charge in [0.2, 0.25) is 11.8 Å². The summed E-state index contributed by atoms with van der Waals surface area (Å²) in [6.45, 7) is 11.1. The molecular weight excluding hydrogens is 276 g/mol. The summed E-state index contributed by atoms with van der Waals surface area (Å²) in [6, 6.07) is 5.75. The van der Waals surface area contributed by atoms with Crippen LogP contribution in [0.15, 0.2) is 18.2 Å². The molecule has 0 spiro atoms. The zero-order valence-electron chi connectivity index (χ0n) is 14.2. The van der Waals surface area contributed by atoms with Gasteiger partial charge < -0.3 is 9.80 Å². The molecule has 0 saturated carbocycles. The first-order chi connectivity index (χ1) is 10.3. The number of piperazine rings is 1. The summed E-state index contributed by atoms with van der Waals surface area (Å²) in [7, 11) is 0. The van der Waals surface area contributed by atoms with E-state index in [1.807, 2.05) is 51.7 Å². The second kappa shape index (κ2) is 6.51. The highest BCUT2D eigenvalue weighted by atomic mass is 16.2. The second-order valence-corrected chi connectivity index (χ2v) is 6.64. The molecule has 0 aromatic heterocycles. The summed E-state index contributed by atoms with van der Waals surface area (Å²) in [4.78, 5) is 28.6. The van der Waals surface area contributed by atoms with Gasteiger partial charge in [0, 0.05) is 25.2 Å². The molecule has 1 aliphatic heterocycles. The van der Waals surface area contributed by atoms with Gasteiger partial charge in [-0.25, -0.2) is 0 Å². The summed E-state index contributed by atoms with van der Waals surface area (Å²) in [5.41, 5.74) is 3.19. The average Bonchev–Trinajstić information content (AvgIpc) is 2.44. The summed E-state index contributed by atoms with van der Waals surface area (Å²) >= 11 is 0. The van der Waals surface area contributed by atoms with Gasteiger partial charge >= 0.3 is 0 Å². The van der Waals surface area contributed by atoms with Crippen molar-refractivity contribution in [3.8, 4) is 0 Å². The molecule has 4 nitrogen and oxygen atoms in total. The number of anilines is 1. The highest BCUT2D eigenvalue weighted by Crippen LogP contribution is 2.25. The first-order valence-corrected chi connectivity index (χ1v) is 7.99. The van der Waals surface area contributed by atoms with Crippen molar-refractivity contribution in [2.75, 3.05) is 18.0 Å². The Morgan fingerprint density at radius 3 is 2.59 bits per heavy atom. The number of benzene rings is 1. The maximum absolute atomic E-state index is 12.7. The van der Waals surface area contributed by atoms with Crippen LogP contribution in [0, 0.1) is 19.8 Å². The number of aryl methyl sites for hydroxylation is 2. The number of carbonyl (C=O) groups excluding carboxylic acids is 2. The predicted octanol–water partition coefficient (Wildman–Crippen LogP) is 2.91. The van der Waals surface area contributed by atoms with Crippen molar-refractivity contribution in [3.63, 3.8) is 0 Å². The first-order valence-electron chi connectivity index (χ1n) is 7.99. The van der Waals surface area contributed by atoms with Gasteiger partial charge in [0.1, 0.15) is 6.04 Å². The maximum atomic E-state index is 12.7. The van der Waals surface area contributed by atoms with Crippen LogP contribution in [0.4, 0.5) is 5.69 Å². The van der Waals surface area contributed by atoms with E-state index < -0.39 is 0 Å². The summed E-state index contributed by atoms with van der Waals surface area (Å²) in [5.74, 6) is 0.403. The fraction of sp³-hybridized carbons (Fsp3) is 0.556. The van der Waals surface area contributed by atoms with E-state index in [-0.39, 0.29) is 17.9 Å². The van der Waals surface area contributed by atoms with Crippen LogP contribution in [0.5, 0.6) is 0 Å². The monoisotopic (exact) mass is 302 g/mol. The molecular formula is C18H26N2O2. The van der Waals surface area contributed by atoms with Crippen molar-refractivity contribution in [1.82, 2.24) is 4.90 Å². The largest absolute Gasteiger partial charge is 0.329 e. The van der Waals surface area contributed by atoms with E-state index in [0.29, 0.717) is 25.4 Å². The molecule has 1 aromatic rings. The smallest absolute Gasteiger partial charge is 0.249 e. The van der Waals surface area contributed by atoms with Crippen LogP contribution in [0.2, 0.25) is 0 Å². The molecule has 1 saturated heterocycles. The number of nitrogens with zero attached hydrogens (tertiary/aromatic N) is 2. The maximum Gasteiger partial charge on any atom is 0.249 e. The Kier molecular flexibility index (Phi) is 4.89. The van der Waals surface area contributed by atoms with Crippen molar-refractivity contribution in [2.45, 2.75) is 47.1 Å². The number of hydrogen-bond donors (Lipinski definition) is 0. The van der Waals surface area contributed by atoms with Crippen molar-refractivity contribution >= 4 is 17.5 Å². The van der Waals surface area contributed by atoms with Crippen LogP contribution < -0.4 is 4.90 Å². The van der Waals surface area contributed by atoms with Gasteiger partial charge in [0.15, 0.2) is 0 Å². The number of hydrogen-bond acceptors (Lipinski definition) is 2. The van der Waals surface area contributed by atoms with Gasteiger partial charge in [-0.05, 0) is 43.9 Å². The molecule has 1 heterocycles. The Morgan fingerprint density at radius 2 is 1.95 bits per heavy atom. The molecule has 2 amide bonds. The Morgan fingerprint density at radius 1 is 1.27 bits per heavy atom. The van der Waals surface area contributed by atoms with E-state index in [1.165, 1.54) is 0 Å². The fourth-order valence-corrected chi connectivity index (χ4v) is 2.93. The Bertz CT molecular complexity index is 580. The van der Waals surface area contributed by atoms with Crippen LogP contribution in [-0.4, -0.2) is 35.8 Å². The standard InChI is InChI=1S/C18H26N2O2/c1-12(2)10-17(21)19-8-9-20(18(22)15(19)5)16-11-13(3)6-7-14(16)4/h6-7,11-12,15H,8-10H2,1-5H3/t15-/m1/s1. The molecule has 2 rings (SSSR count). The third-order valence-electron chi connectivity index (χ3n) is 4.21. The summed E-state index contributed by atoms with van der Waals surface area (Å²) in [5, 5.41) is 0. The Hall–Kier alpha value is -1.84. The Labute approximate surface area is 133 Å². The highest BCUT2D eigenvalue weighted by molar-refractivity contribution is 6.00. The molecule has 0 bridgehead atoms. The molecule has 4 heteroatoms. The first kappa shape index (κ1) is 16.5. The van der Waals surface area contributed by atoms with Gasteiger partial charge in [-0.3, -0.25) is 9.59 Å².